The molecule has 0 saturated heterocycles. The summed E-state index contributed by atoms with van der Waals surface area (Å²) in [4.78, 5) is 81.0. The zero-order valence-electron chi connectivity index (χ0n) is 35.6. The third-order valence-electron chi connectivity index (χ3n) is 7.07. The molecular weight excluding hydrogens is 754 g/mol. The summed E-state index contributed by atoms with van der Waals surface area (Å²) >= 11 is 0. The second-order valence-electron chi connectivity index (χ2n) is 16.2. The molecule has 0 aliphatic carbocycles. The number of ketones is 1. The maximum atomic E-state index is 13.5. The number of aliphatic imine (C=N–C) groups is 1. The minimum atomic E-state index is -1.28. The number of nitrogens with one attached hydrogen (secondary N) is 1. The van der Waals surface area contributed by atoms with Crippen LogP contribution in [-0.4, -0.2) is 102 Å². The first-order valence-electron chi connectivity index (χ1n) is 18.9. The number of hydrogen-bond acceptors (Lipinski definition) is 14. The van der Waals surface area contributed by atoms with Gasteiger partial charge in [0.1, 0.15) is 46.8 Å². The van der Waals surface area contributed by atoms with Gasteiger partial charge in [-0.25, -0.2) is 24.2 Å². The van der Waals surface area contributed by atoms with Crippen molar-refractivity contribution < 1.29 is 61.9 Å². The normalized spacial score (nSPS) is 12.5. The highest BCUT2D eigenvalue weighted by Gasteiger charge is 2.35. The van der Waals surface area contributed by atoms with E-state index in [1.54, 1.807) is 93.5 Å². The molecule has 0 radical (unpaired) electrons. The van der Waals surface area contributed by atoms with Gasteiger partial charge >= 0.3 is 30.1 Å². The lowest BCUT2D eigenvalue weighted by Crippen LogP contribution is -2.49. The SMILES string of the molecule is CC(=O)CC(C(=O)OC(C)(C)C)N(CCOCCOCCC(=O)OC(C)(C)C)C(=O)OCc1ccc(OC(=O)c2ccc(N=C(C)NC(=O)OC(C)(C)C)cc2)cc1. The quantitative estimate of drug-likeness (QED) is 0.0409. The minimum Gasteiger partial charge on any atom is -0.460 e. The van der Waals surface area contributed by atoms with E-state index in [9.17, 15) is 28.8 Å². The summed E-state index contributed by atoms with van der Waals surface area (Å²) < 4.78 is 38.1. The number of ether oxygens (including phenoxy) is 7. The Hall–Kier alpha value is -5.35. The molecule has 0 bridgehead atoms. The topological polar surface area (TPSA) is 195 Å². The highest BCUT2D eigenvalue weighted by atomic mass is 16.6. The third-order valence-corrected chi connectivity index (χ3v) is 7.07. The average Bonchev–Trinajstić information content (AvgIpc) is 3.07. The Morgan fingerprint density at radius 2 is 1.28 bits per heavy atom. The number of nitrogens with zero attached hydrogens (tertiary/aromatic N) is 2. The van der Waals surface area contributed by atoms with E-state index in [2.05, 4.69) is 10.3 Å². The Morgan fingerprint density at radius 1 is 0.707 bits per heavy atom. The fourth-order valence-electron chi connectivity index (χ4n) is 4.76. The second-order valence-corrected chi connectivity index (χ2v) is 16.2. The molecule has 2 aromatic rings. The van der Waals surface area contributed by atoms with Crippen molar-refractivity contribution in [2.24, 2.45) is 4.99 Å². The number of benzene rings is 2. The van der Waals surface area contributed by atoms with Crippen molar-refractivity contribution in [1.29, 1.82) is 0 Å². The van der Waals surface area contributed by atoms with Crippen LogP contribution in [0.2, 0.25) is 0 Å². The van der Waals surface area contributed by atoms with Crippen molar-refractivity contribution in [3.63, 3.8) is 0 Å². The van der Waals surface area contributed by atoms with Gasteiger partial charge in [-0.15, -0.1) is 0 Å². The number of esters is 3. The Kier molecular flexibility index (Phi) is 19.0. The summed E-state index contributed by atoms with van der Waals surface area (Å²) in [5.41, 5.74) is -0.837. The predicted octanol–water partition coefficient (Wildman–Crippen LogP) is 6.87. The molecule has 2 aromatic carbocycles. The molecule has 0 aliphatic rings. The smallest absolute Gasteiger partial charge is 0.413 e. The molecule has 58 heavy (non-hydrogen) atoms. The van der Waals surface area contributed by atoms with Gasteiger partial charge in [0.05, 0.1) is 44.1 Å². The summed E-state index contributed by atoms with van der Waals surface area (Å²) in [5.74, 6) is -1.58. The lowest BCUT2D eigenvalue weighted by Gasteiger charge is -2.31. The third kappa shape index (κ3) is 20.7. The van der Waals surface area contributed by atoms with Crippen LogP contribution in [0.1, 0.15) is 105 Å². The van der Waals surface area contributed by atoms with Crippen LogP contribution in [0.5, 0.6) is 5.75 Å². The van der Waals surface area contributed by atoms with Gasteiger partial charge in [0.15, 0.2) is 0 Å². The monoisotopic (exact) mass is 813 g/mol. The maximum Gasteiger partial charge on any atom is 0.413 e. The molecule has 0 saturated carbocycles. The summed E-state index contributed by atoms with van der Waals surface area (Å²) in [7, 11) is 0. The van der Waals surface area contributed by atoms with Crippen LogP contribution in [-0.2, 0) is 49.4 Å². The Labute approximate surface area is 340 Å². The number of amidine groups is 1. The van der Waals surface area contributed by atoms with Crippen LogP contribution in [0.3, 0.4) is 0 Å². The van der Waals surface area contributed by atoms with Gasteiger partial charge in [-0.1, -0.05) is 12.1 Å². The first kappa shape index (κ1) is 48.8. The molecule has 2 rings (SSSR count). The van der Waals surface area contributed by atoms with Crippen LogP contribution in [0.4, 0.5) is 15.3 Å². The molecule has 2 amide bonds. The highest BCUT2D eigenvalue weighted by Crippen LogP contribution is 2.20. The molecular formula is C42H59N3O13. The Balaban J connectivity index is 2.01. The molecule has 1 atom stereocenters. The molecule has 0 aromatic heterocycles. The first-order valence-corrected chi connectivity index (χ1v) is 18.9. The number of alkyl carbamates (subject to hydrolysis) is 1. The van der Waals surface area contributed by atoms with E-state index in [-0.39, 0.29) is 75.5 Å². The number of Topliss-reactive ketones (excluding diaryl/α,β-unsaturated/α-hetero) is 1. The molecule has 1 N–H and O–H groups in total. The van der Waals surface area contributed by atoms with Crippen molar-refractivity contribution >= 4 is 47.4 Å². The number of amides is 2. The maximum absolute atomic E-state index is 13.5. The van der Waals surface area contributed by atoms with Crippen molar-refractivity contribution in [3.05, 3.63) is 59.7 Å². The van der Waals surface area contributed by atoms with Gasteiger partial charge in [-0.05, 0) is 118 Å². The summed E-state index contributed by atoms with van der Waals surface area (Å²) in [6.45, 7) is 18.6. The van der Waals surface area contributed by atoms with E-state index in [1.165, 1.54) is 31.2 Å². The van der Waals surface area contributed by atoms with Crippen molar-refractivity contribution in [3.8, 4) is 5.75 Å². The molecule has 16 nitrogen and oxygen atoms in total. The molecule has 320 valence electrons. The van der Waals surface area contributed by atoms with Gasteiger partial charge in [0.2, 0.25) is 0 Å². The number of rotatable bonds is 18. The van der Waals surface area contributed by atoms with E-state index in [4.69, 9.17) is 33.2 Å². The Bertz CT molecular complexity index is 1720. The first-order chi connectivity index (χ1) is 26.9. The molecule has 0 spiro atoms. The molecule has 0 aliphatic heterocycles. The summed E-state index contributed by atoms with van der Waals surface area (Å²) in [6, 6.07) is 11.3. The molecule has 16 heteroatoms. The van der Waals surface area contributed by atoms with Crippen LogP contribution >= 0.6 is 0 Å². The number of carbonyl (C=O) groups excluding carboxylic acids is 6. The minimum absolute atomic E-state index is 0.0251. The zero-order valence-corrected chi connectivity index (χ0v) is 35.6. The van der Waals surface area contributed by atoms with E-state index in [1.807, 2.05) is 0 Å². The molecule has 1 unspecified atom stereocenters. The average molecular weight is 814 g/mol. The van der Waals surface area contributed by atoms with Crippen molar-refractivity contribution in [2.75, 3.05) is 33.0 Å². The van der Waals surface area contributed by atoms with Gasteiger partial charge in [0.25, 0.3) is 0 Å². The fourth-order valence-corrected chi connectivity index (χ4v) is 4.76. The lowest BCUT2D eigenvalue weighted by molar-refractivity contribution is -0.162. The summed E-state index contributed by atoms with van der Waals surface area (Å²) in [6.07, 6.45) is -1.74. The van der Waals surface area contributed by atoms with Gasteiger partial charge in [0, 0.05) is 13.0 Å². The zero-order chi connectivity index (χ0) is 43.7. The molecule has 0 fully saturated rings. The molecule has 0 heterocycles. The predicted molar refractivity (Wildman–Crippen MR) is 214 cm³/mol. The van der Waals surface area contributed by atoms with Crippen LogP contribution < -0.4 is 10.1 Å². The number of hydrogen-bond donors (Lipinski definition) is 1. The van der Waals surface area contributed by atoms with Crippen LogP contribution in [0.25, 0.3) is 0 Å². The van der Waals surface area contributed by atoms with Crippen LogP contribution in [0, 0.1) is 0 Å². The van der Waals surface area contributed by atoms with Gasteiger partial charge in [-0.3, -0.25) is 19.8 Å². The lowest BCUT2D eigenvalue weighted by atomic mass is 10.1. The second kappa shape index (κ2) is 22.6. The van der Waals surface area contributed by atoms with Crippen molar-refractivity contribution in [2.45, 2.75) is 118 Å². The van der Waals surface area contributed by atoms with Gasteiger partial charge < -0.3 is 33.2 Å². The van der Waals surface area contributed by atoms with E-state index >= 15 is 0 Å². The van der Waals surface area contributed by atoms with Crippen molar-refractivity contribution in [1.82, 2.24) is 10.2 Å². The number of carbonyl (C=O) groups is 6. The highest BCUT2D eigenvalue weighted by molar-refractivity contribution is 5.95. The standard InChI is InChI=1S/C42H59N3O13/c1-28(46)26-34(37(49)57-41(6,7)8)45(21-23-53-25-24-52-22-20-35(47)56-40(3,4)5)39(51)54-27-30-12-18-33(19-13-30)55-36(48)31-14-16-32(17-15-31)43-29(2)44-38(50)58-42(9,10)11/h12-19,34H,20-27H2,1-11H3,(H,43,44,50). The van der Waals surface area contributed by atoms with E-state index < -0.39 is 47.0 Å². The Morgan fingerprint density at radius 3 is 1.83 bits per heavy atom. The fraction of sp³-hybridized carbons (Fsp3) is 0.548. The largest absolute Gasteiger partial charge is 0.460 e. The van der Waals surface area contributed by atoms with Crippen LogP contribution in [0.15, 0.2) is 53.5 Å². The van der Waals surface area contributed by atoms with E-state index in [0.29, 0.717) is 17.1 Å². The van der Waals surface area contributed by atoms with E-state index in [0.717, 1.165) is 4.90 Å². The van der Waals surface area contributed by atoms with Gasteiger partial charge in [-0.2, -0.15) is 0 Å². The summed E-state index contributed by atoms with van der Waals surface area (Å²) in [5, 5.41) is 2.54.